The van der Waals surface area contributed by atoms with E-state index in [1.54, 1.807) is 36.4 Å². The number of aryl methyl sites for hydroxylation is 1. The molecule has 4 aromatic rings. The van der Waals surface area contributed by atoms with Crippen LogP contribution in [-0.2, 0) is 10.0 Å². The Bertz CT molecular complexity index is 1290. The highest BCUT2D eigenvalue weighted by molar-refractivity contribution is 7.92. The van der Waals surface area contributed by atoms with Crippen molar-refractivity contribution in [3.05, 3.63) is 83.4 Å². The zero-order chi connectivity index (χ0) is 20.4. The third kappa shape index (κ3) is 4.16. The van der Waals surface area contributed by atoms with Crippen LogP contribution < -0.4 is 10.0 Å². The molecule has 0 atom stereocenters. The van der Waals surface area contributed by atoms with E-state index in [1.165, 1.54) is 12.1 Å². The molecule has 1 heterocycles. The first kappa shape index (κ1) is 19.2. The maximum Gasteiger partial charge on any atom is 0.263 e. The number of hydrogen-bond donors (Lipinski definition) is 2. The molecule has 0 unspecified atom stereocenters. The molecule has 146 valence electrons. The van der Waals surface area contributed by atoms with Crippen LogP contribution in [0.25, 0.3) is 11.0 Å². The number of fused-ring (bicyclic) bond motifs is 1. The molecular formula is C21H17ClN4O2S. The average molecular weight is 425 g/mol. The molecule has 29 heavy (non-hydrogen) atoms. The van der Waals surface area contributed by atoms with Gasteiger partial charge in [0.25, 0.3) is 10.0 Å². The molecule has 0 bridgehead atoms. The summed E-state index contributed by atoms with van der Waals surface area (Å²) in [6.45, 7) is 1.89. The molecule has 0 radical (unpaired) electrons. The van der Waals surface area contributed by atoms with Crippen molar-refractivity contribution in [3.8, 4) is 0 Å². The van der Waals surface area contributed by atoms with Crippen molar-refractivity contribution < 1.29 is 8.42 Å². The van der Waals surface area contributed by atoms with Crippen LogP contribution in [0.5, 0.6) is 0 Å². The van der Waals surface area contributed by atoms with Crippen LogP contribution in [0.2, 0.25) is 5.02 Å². The second-order valence-electron chi connectivity index (χ2n) is 6.42. The summed E-state index contributed by atoms with van der Waals surface area (Å²) in [6.07, 6.45) is 0. The van der Waals surface area contributed by atoms with Gasteiger partial charge in [-0.2, -0.15) is 0 Å². The number of aromatic nitrogens is 2. The Balaban J connectivity index is 1.79. The summed E-state index contributed by atoms with van der Waals surface area (Å²) < 4.78 is 28.2. The highest BCUT2D eigenvalue weighted by Crippen LogP contribution is 2.28. The number of rotatable bonds is 5. The highest BCUT2D eigenvalue weighted by atomic mass is 35.5. The van der Waals surface area contributed by atoms with Gasteiger partial charge in [0.2, 0.25) is 0 Å². The first-order valence-corrected chi connectivity index (χ1v) is 10.7. The quantitative estimate of drug-likeness (QED) is 0.463. The summed E-state index contributed by atoms with van der Waals surface area (Å²) in [5.74, 6) is 0.407. The lowest BCUT2D eigenvalue weighted by molar-refractivity contribution is 0.601. The number of sulfonamides is 1. The number of nitrogens with zero attached hydrogens (tertiary/aromatic N) is 2. The molecule has 0 aliphatic carbocycles. The highest BCUT2D eigenvalue weighted by Gasteiger charge is 2.18. The summed E-state index contributed by atoms with van der Waals surface area (Å²) in [4.78, 5) is 9.19. The standard InChI is InChI=1S/C21H17ClN4O2S/c1-14-13-15(11-12-17(14)22)23-20-21(25-19-10-6-5-9-18(19)24-20)26-29(27,28)16-7-3-2-4-8-16/h2-13H,1H3,(H,23,24)(H,25,26). The van der Waals surface area contributed by atoms with Gasteiger partial charge in [0.1, 0.15) is 0 Å². The zero-order valence-corrected chi connectivity index (χ0v) is 17.0. The van der Waals surface area contributed by atoms with Crippen molar-refractivity contribution in [1.29, 1.82) is 0 Å². The van der Waals surface area contributed by atoms with Crippen LogP contribution in [0.15, 0.2) is 77.7 Å². The molecule has 0 saturated carbocycles. The van der Waals surface area contributed by atoms with E-state index in [9.17, 15) is 8.42 Å². The summed E-state index contributed by atoms with van der Waals surface area (Å²) in [7, 11) is -3.83. The number of para-hydroxylation sites is 2. The van der Waals surface area contributed by atoms with Gasteiger partial charge < -0.3 is 5.32 Å². The van der Waals surface area contributed by atoms with Gasteiger partial charge in [0, 0.05) is 10.7 Å². The fourth-order valence-electron chi connectivity index (χ4n) is 2.80. The molecule has 0 aliphatic rings. The van der Waals surface area contributed by atoms with Gasteiger partial charge >= 0.3 is 0 Å². The van der Waals surface area contributed by atoms with Crippen LogP contribution in [0.1, 0.15) is 5.56 Å². The van der Waals surface area contributed by atoms with E-state index in [0.29, 0.717) is 21.9 Å². The maximum absolute atomic E-state index is 12.8. The third-order valence-corrected chi connectivity index (χ3v) is 6.05. The number of benzene rings is 3. The minimum atomic E-state index is -3.83. The molecule has 1 aromatic heterocycles. The predicted octanol–water partition coefficient (Wildman–Crippen LogP) is 5.14. The normalized spacial score (nSPS) is 11.4. The van der Waals surface area contributed by atoms with Crippen LogP contribution in [0, 0.1) is 6.92 Å². The summed E-state index contributed by atoms with van der Waals surface area (Å²) in [5, 5.41) is 3.79. The number of halogens is 1. The molecule has 0 spiro atoms. The molecule has 0 aliphatic heterocycles. The number of hydrogen-bond acceptors (Lipinski definition) is 5. The van der Waals surface area contributed by atoms with Crippen molar-refractivity contribution >= 4 is 50.0 Å². The Hall–Kier alpha value is -3.16. The summed E-state index contributed by atoms with van der Waals surface area (Å²) in [5.41, 5.74) is 2.83. The molecule has 0 amide bonds. The van der Waals surface area contributed by atoms with Crippen LogP contribution in [0.3, 0.4) is 0 Å². The first-order valence-electron chi connectivity index (χ1n) is 8.80. The van der Waals surface area contributed by atoms with E-state index in [0.717, 1.165) is 11.3 Å². The lowest BCUT2D eigenvalue weighted by Gasteiger charge is -2.14. The second-order valence-corrected chi connectivity index (χ2v) is 8.51. The van der Waals surface area contributed by atoms with Gasteiger partial charge in [-0.1, -0.05) is 41.9 Å². The molecule has 8 heteroatoms. The lowest BCUT2D eigenvalue weighted by Crippen LogP contribution is -2.16. The van der Waals surface area contributed by atoms with Gasteiger partial charge in [-0.25, -0.2) is 18.4 Å². The molecular weight excluding hydrogens is 408 g/mol. The molecule has 6 nitrogen and oxygen atoms in total. The monoisotopic (exact) mass is 424 g/mol. The average Bonchev–Trinajstić information content (AvgIpc) is 2.71. The zero-order valence-electron chi connectivity index (χ0n) is 15.4. The van der Waals surface area contributed by atoms with Gasteiger partial charge in [-0.05, 0) is 55.0 Å². The molecule has 3 aromatic carbocycles. The minimum Gasteiger partial charge on any atom is -0.337 e. The van der Waals surface area contributed by atoms with Gasteiger partial charge in [-0.15, -0.1) is 0 Å². The predicted molar refractivity (Wildman–Crippen MR) is 116 cm³/mol. The fourth-order valence-corrected chi connectivity index (χ4v) is 3.95. The van der Waals surface area contributed by atoms with Crippen LogP contribution >= 0.6 is 11.6 Å². The van der Waals surface area contributed by atoms with Gasteiger partial charge in [-0.3, -0.25) is 4.72 Å². The Labute approximate surface area is 173 Å². The van der Waals surface area contributed by atoms with E-state index >= 15 is 0 Å². The minimum absolute atomic E-state index is 0.111. The Morgan fingerprint density at radius 1 is 0.828 bits per heavy atom. The van der Waals surface area contributed by atoms with Crippen molar-refractivity contribution in [1.82, 2.24) is 9.97 Å². The van der Waals surface area contributed by atoms with Gasteiger partial charge in [0.05, 0.1) is 15.9 Å². The van der Waals surface area contributed by atoms with Crippen LogP contribution in [0.4, 0.5) is 17.3 Å². The van der Waals surface area contributed by atoms with E-state index < -0.39 is 10.0 Å². The van der Waals surface area contributed by atoms with E-state index in [2.05, 4.69) is 20.0 Å². The van der Waals surface area contributed by atoms with Gasteiger partial charge in [0.15, 0.2) is 11.6 Å². The molecule has 0 fully saturated rings. The van der Waals surface area contributed by atoms with Crippen molar-refractivity contribution in [3.63, 3.8) is 0 Å². The van der Waals surface area contributed by atoms with Crippen LogP contribution in [-0.4, -0.2) is 18.4 Å². The Kier molecular flexibility index (Phi) is 5.08. The van der Waals surface area contributed by atoms with E-state index in [1.807, 2.05) is 31.2 Å². The lowest BCUT2D eigenvalue weighted by atomic mass is 10.2. The molecule has 2 N–H and O–H groups in total. The topological polar surface area (TPSA) is 84.0 Å². The summed E-state index contributed by atoms with van der Waals surface area (Å²) in [6, 6.07) is 20.8. The number of nitrogens with one attached hydrogen (secondary N) is 2. The van der Waals surface area contributed by atoms with Crippen molar-refractivity contribution in [2.75, 3.05) is 10.0 Å². The largest absolute Gasteiger partial charge is 0.337 e. The SMILES string of the molecule is Cc1cc(Nc2nc3ccccc3nc2NS(=O)(=O)c2ccccc2)ccc1Cl. The first-order chi connectivity index (χ1) is 13.9. The fraction of sp³-hybridized carbons (Fsp3) is 0.0476. The molecule has 4 rings (SSSR count). The third-order valence-electron chi connectivity index (χ3n) is 4.28. The van der Waals surface area contributed by atoms with E-state index in [-0.39, 0.29) is 10.7 Å². The summed E-state index contributed by atoms with van der Waals surface area (Å²) >= 11 is 6.10. The number of anilines is 3. The second kappa shape index (κ2) is 7.69. The van der Waals surface area contributed by atoms with Crippen molar-refractivity contribution in [2.45, 2.75) is 11.8 Å². The van der Waals surface area contributed by atoms with E-state index in [4.69, 9.17) is 11.6 Å². The van der Waals surface area contributed by atoms with Crippen molar-refractivity contribution in [2.24, 2.45) is 0 Å². The Morgan fingerprint density at radius 2 is 1.45 bits per heavy atom. The smallest absolute Gasteiger partial charge is 0.263 e. The molecule has 0 saturated heterocycles. The Morgan fingerprint density at radius 3 is 2.10 bits per heavy atom. The maximum atomic E-state index is 12.8.